The van der Waals surface area contributed by atoms with E-state index in [-0.39, 0.29) is 0 Å². The third kappa shape index (κ3) is 6.73. The average Bonchev–Trinajstić information content (AvgIpc) is 2.34. The van der Waals surface area contributed by atoms with Crippen molar-refractivity contribution in [3.05, 3.63) is 0 Å². The van der Waals surface area contributed by atoms with E-state index in [1.54, 1.807) is 0 Å². The van der Waals surface area contributed by atoms with Crippen LogP contribution in [0, 0.1) is 5.41 Å². The Kier molecular flexibility index (Phi) is 6.78. The molecule has 1 fully saturated rings. The van der Waals surface area contributed by atoms with Gasteiger partial charge in [0.2, 0.25) is 0 Å². The number of nitrogens with zero attached hydrogens (tertiary/aromatic N) is 2. The molecule has 0 saturated carbocycles. The highest BCUT2D eigenvalue weighted by atomic mass is 15.2. The molecule has 0 aliphatic carbocycles. The highest BCUT2D eigenvalue weighted by molar-refractivity contribution is 4.79. The van der Waals surface area contributed by atoms with Gasteiger partial charge in [-0.05, 0) is 64.3 Å². The number of piperidine rings is 1. The monoisotopic (exact) mass is 269 g/mol. The minimum Gasteiger partial charge on any atom is -0.328 e. The molecule has 0 radical (unpaired) electrons. The predicted molar refractivity (Wildman–Crippen MR) is 84.4 cm³/mol. The van der Waals surface area contributed by atoms with E-state index in [0.717, 1.165) is 25.4 Å². The molecular formula is C16H35N3. The van der Waals surface area contributed by atoms with Crippen LogP contribution < -0.4 is 5.73 Å². The fraction of sp³-hybridized carbons (Fsp3) is 1.00. The van der Waals surface area contributed by atoms with Crippen molar-refractivity contribution in [3.8, 4) is 0 Å². The second kappa shape index (κ2) is 7.61. The Labute approximate surface area is 120 Å². The highest BCUT2D eigenvalue weighted by Gasteiger charge is 2.22. The molecular weight excluding hydrogens is 234 g/mol. The van der Waals surface area contributed by atoms with Crippen LogP contribution in [0.1, 0.15) is 53.4 Å². The van der Waals surface area contributed by atoms with Crippen molar-refractivity contribution in [2.45, 2.75) is 65.5 Å². The van der Waals surface area contributed by atoms with Gasteiger partial charge in [-0.25, -0.2) is 0 Å². The van der Waals surface area contributed by atoms with Gasteiger partial charge in [0.25, 0.3) is 0 Å². The van der Waals surface area contributed by atoms with Gasteiger partial charge in [0.15, 0.2) is 0 Å². The summed E-state index contributed by atoms with van der Waals surface area (Å²) in [4.78, 5) is 5.09. The first kappa shape index (κ1) is 16.9. The Morgan fingerprint density at radius 1 is 1.26 bits per heavy atom. The molecule has 0 aromatic carbocycles. The molecule has 0 bridgehead atoms. The van der Waals surface area contributed by atoms with E-state index in [0.29, 0.717) is 11.5 Å². The van der Waals surface area contributed by atoms with E-state index in [1.807, 2.05) is 0 Å². The summed E-state index contributed by atoms with van der Waals surface area (Å²) in [5, 5.41) is 0. The lowest BCUT2D eigenvalue weighted by molar-refractivity contribution is 0.127. The zero-order valence-corrected chi connectivity index (χ0v) is 13.8. The summed E-state index contributed by atoms with van der Waals surface area (Å²) >= 11 is 0. The van der Waals surface area contributed by atoms with E-state index in [9.17, 15) is 0 Å². The second-order valence-electron chi connectivity index (χ2n) is 7.46. The molecule has 3 heteroatoms. The molecule has 0 aromatic rings. The largest absolute Gasteiger partial charge is 0.328 e. The Hall–Kier alpha value is -0.120. The molecule has 1 rings (SSSR count). The first-order valence-electron chi connectivity index (χ1n) is 8.00. The first-order chi connectivity index (χ1) is 8.81. The summed E-state index contributed by atoms with van der Waals surface area (Å²) in [6.45, 7) is 14.0. The zero-order chi connectivity index (χ0) is 14.5. The number of rotatable bonds is 6. The standard InChI is InChI=1S/C16H35N3/c1-6-19-11-8-15(9-12-19)18(5)10-7-14(17)13-16(2,3)4/h14-15H,6-13,17H2,1-5H3. The van der Waals surface area contributed by atoms with Gasteiger partial charge in [-0.3, -0.25) is 0 Å². The summed E-state index contributed by atoms with van der Waals surface area (Å²) in [7, 11) is 2.27. The van der Waals surface area contributed by atoms with Gasteiger partial charge in [0.1, 0.15) is 0 Å². The molecule has 1 aliphatic heterocycles. The van der Waals surface area contributed by atoms with E-state index in [1.165, 1.54) is 32.5 Å². The minimum atomic E-state index is 0.346. The van der Waals surface area contributed by atoms with Crippen LogP contribution in [0.5, 0.6) is 0 Å². The minimum absolute atomic E-state index is 0.346. The fourth-order valence-corrected chi connectivity index (χ4v) is 3.12. The maximum Gasteiger partial charge on any atom is 0.0117 e. The van der Waals surface area contributed by atoms with Crippen molar-refractivity contribution >= 4 is 0 Å². The molecule has 1 atom stereocenters. The molecule has 19 heavy (non-hydrogen) atoms. The quantitative estimate of drug-likeness (QED) is 0.804. The Morgan fingerprint density at radius 2 is 1.84 bits per heavy atom. The third-order valence-electron chi connectivity index (χ3n) is 4.35. The topological polar surface area (TPSA) is 32.5 Å². The van der Waals surface area contributed by atoms with Crippen molar-refractivity contribution in [1.82, 2.24) is 9.80 Å². The summed E-state index contributed by atoms with van der Waals surface area (Å²) in [5.74, 6) is 0. The van der Waals surface area contributed by atoms with Gasteiger partial charge >= 0.3 is 0 Å². The molecule has 1 aliphatic rings. The molecule has 114 valence electrons. The molecule has 2 N–H and O–H groups in total. The van der Waals surface area contributed by atoms with E-state index in [2.05, 4.69) is 44.5 Å². The van der Waals surface area contributed by atoms with Crippen LogP contribution in [-0.2, 0) is 0 Å². The van der Waals surface area contributed by atoms with Crippen molar-refractivity contribution in [2.75, 3.05) is 33.2 Å². The van der Waals surface area contributed by atoms with Crippen molar-refractivity contribution in [3.63, 3.8) is 0 Å². The lowest BCUT2D eigenvalue weighted by Gasteiger charge is -2.36. The lowest BCUT2D eigenvalue weighted by Crippen LogP contribution is -2.44. The molecule has 0 aromatic heterocycles. The smallest absolute Gasteiger partial charge is 0.0117 e. The van der Waals surface area contributed by atoms with Gasteiger partial charge < -0.3 is 15.5 Å². The van der Waals surface area contributed by atoms with Gasteiger partial charge in [0.05, 0.1) is 0 Å². The normalized spacial score (nSPS) is 21.0. The summed E-state index contributed by atoms with van der Waals surface area (Å²) in [5.41, 5.74) is 6.60. The fourth-order valence-electron chi connectivity index (χ4n) is 3.12. The zero-order valence-electron chi connectivity index (χ0n) is 13.8. The Balaban J connectivity index is 2.22. The summed E-state index contributed by atoms with van der Waals surface area (Å²) in [6, 6.07) is 1.11. The van der Waals surface area contributed by atoms with Crippen LogP contribution >= 0.6 is 0 Å². The SMILES string of the molecule is CCN1CCC(N(C)CCC(N)CC(C)(C)C)CC1. The van der Waals surface area contributed by atoms with Gasteiger partial charge in [-0.2, -0.15) is 0 Å². The molecule has 0 spiro atoms. The number of hydrogen-bond donors (Lipinski definition) is 1. The van der Waals surface area contributed by atoms with Crippen molar-refractivity contribution in [2.24, 2.45) is 11.1 Å². The lowest BCUT2D eigenvalue weighted by atomic mass is 9.87. The first-order valence-corrected chi connectivity index (χ1v) is 8.00. The van der Waals surface area contributed by atoms with Crippen molar-refractivity contribution < 1.29 is 0 Å². The maximum absolute atomic E-state index is 6.25. The third-order valence-corrected chi connectivity index (χ3v) is 4.35. The highest BCUT2D eigenvalue weighted by Crippen LogP contribution is 2.22. The maximum atomic E-state index is 6.25. The molecule has 1 unspecified atom stereocenters. The van der Waals surface area contributed by atoms with Gasteiger partial charge in [0, 0.05) is 12.1 Å². The predicted octanol–water partition coefficient (Wildman–Crippen LogP) is 2.56. The number of hydrogen-bond acceptors (Lipinski definition) is 3. The van der Waals surface area contributed by atoms with Crippen molar-refractivity contribution in [1.29, 1.82) is 0 Å². The van der Waals surface area contributed by atoms with Gasteiger partial charge in [-0.15, -0.1) is 0 Å². The average molecular weight is 269 g/mol. The second-order valence-corrected chi connectivity index (χ2v) is 7.46. The van der Waals surface area contributed by atoms with Crippen LogP contribution in [0.3, 0.4) is 0 Å². The van der Waals surface area contributed by atoms with Crippen LogP contribution in [0.25, 0.3) is 0 Å². The summed E-state index contributed by atoms with van der Waals surface area (Å²) in [6.07, 6.45) is 4.88. The van der Waals surface area contributed by atoms with Crippen LogP contribution in [-0.4, -0.2) is 55.1 Å². The Bertz CT molecular complexity index is 239. The number of likely N-dealkylation sites (tertiary alicyclic amines) is 1. The summed E-state index contributed by atoms with van der Waals surface area (Å²) < 4.78 is 0. The van der Waals surface area contributed by atoms with Crippen LogP contribution in [0.2, 0.25) is 0 Å². The molecule has 1 heterocycles. The van der Waals surface area contributed by atoms with E-state index >= 15 is 0 Å². The van der Waals surface area contributed by atoms with Gasteiger partial charge in [-0.1, -0.05) is 27.7 Å². The molecule has 0 amide bonds. The van der Waals surface area contributed by atoms with Crippen LogP contribution in [0.15, 0.2) is 0 Å². The van der Waals surface area contributed by atoms with E-state index < -0.39 is 0 Å². The van der Waals surface area contributed by atoms with E-state index in [4.69, 9.17) is 5.73 Å². The molecule has 3 nitrogen and oxygen atoms in total. The number of nitrogens with two attached hydrogens (primary N) is 1. The molecule has 1 saturated heterocycles. The van der Waals surface area contributed by atoms with Crippen LogP contribution in [0.4, 0.5) is 0 Å². The Morgan fingerprint density at radius 3 is 2.32 bits per heavy atom.